The highest BCUT2D eigenvalue weighted by atomic mass is 35.5. The normalized spacial score (nSPS) is 11.7. The van der Waals surface area contributed by atoms with E-state index in [1.807, 2.05) is 6.07 Å². The van der Waals surface area contributed by atoms with Crippen LogP contribution in [-0.4, -0.2) is 19.8 Å². The molecule has 0 saturated carbocycles. The second-order valence-electron chi connectivity index (χ2n) is 3.52. The van der Waals surface area contributed by atoms with Gasteiger partial charge < -0.3 is 15.2 Å². The Morgan fingerprint density at radius 2 is 2.24 bits per heavy atom. The van der Waals surface area contributed by atoms with Crippen LogP contribution in [0.5, 0.6) is 11.5 Å². The summed E-state index contributed by atoms with van der Waals surface area (Å²) in [7, 11) is 1.53. The van der Waals surface area contributed by atoms with E-state index in [1.165, 1.54) is 7.11 Å². The van der Waals surface area contributed by atoms with Crippen LogP contribution < -0.4 is 15.2 Å². The number of rotatable bonds is 5. The molecule has 4 nitrogen and oxygen atoms in total. The van der Waals surface area contributed by atoms with E-state index < -0.39 is 6.10 Å². The van der Waals surface area contributed by atoms with Gasteiger partial charge in [0.15, 0.2) is 17.6 Å². The van der Waals surface area contributed by atoms with Gasteiger partial charge in [-0.15, -0.1) is 0 Å². The zero-order valence-corrected chi connectivity index (χ0v) is 10.6. The number of ether oxygens (including phenoxy) is 2. The molecule has 1 rings (SSSR count). The summed E-state index contributed by atoms with van der Waals surface area (Å²) in [4.78, 5) is 0. The van der Waals surface area contributed by atoms with Crippen LogP contribution in [-0.2, 0) is 6.42 Å². The first-order valence-electron chi connectivity index (χ1n) is 5.25. The highest BCUT2D eigenvalue weighted by Gasteiger charge is 2.14. The average Bonchev–Trinajstić information content (AvgIpc) is 2.32. The number of methoxy groups -OCH3 is 1. The predicted molar refractivity (Wildman–Crippen MR) is 66.5 cm³/mol. The molecule has 0 fully saturated rings. The van der Waals surface area contributed by atoms with Crippen molar-refractivity contribution in [3.05, 3.63) is 22.7 Å². The molecule has 1 unspecified atom stereocenters. The maximum atomic E-state index is 8.77. The Morgan fingerprint density at radius 1 is 1.53 bits per heavy atom. The van der Waals surface area contributed by atoms with Gasteiger partial charge in [-0.1, -0.05) is 11.6 Å². The molecule has 1 aromatic rings. The summed E-state index contributed by atoms with van der Waals surface area (Å²) in [6.45, 7) is 2.14. The number of nitrogens with zero attached hydrogens (tertiary/aromatic N) is 1. The van der Waals surface area contributed by atoms with Gasteiger partial charge in [-0.05, 0) is 26.0 Å². The highest BCUT2D eigenvalue weighted by Crippen LogP contribution is 2.35. The standard InChI is InChI=1S/C12H15ClN2O2/c1-8(7-15)17-12-9(3-4-14)5-10(13)6-11(12)16-2/h5-6,8H,3-4,14H2,1-2H3. The lowest BCUT2D eigenvalue weighted by Gasteiger charge is -2.16. The maximum Gasteiger partial charge on any atom is 0.181 e. The molecule has 1 aromatic carbocycles. The molecule has 0 aliphatic rings. The first kappa shape index (κ1) is 13.6. The Hall–Kier alpha value is -1.44. The van der Waals surface area contributed by atoms with Crippen molar-refractivity contribution in [2.45, 2.75) is 19.4 Å². The highest BCUT2D eigenvalue weighted by molar-refractivity contribution is 6.30. The smallest absolute Gasteiger partial charge is 0.181 e. The van der Waals surface area contributed by atoms with Crippen LogP contribution in [0.25, 0.3) is 0 Å². The molecule has 0 amide bonds. The van der Waals surface area contributed by atoms with Crippen LogP contribution in [0, 0.1) is 11.3 Å². The van der Waals surface area contributed by atoms with E-state index >= 15 is 0 Å². The van der Waals surface area contributed by atoms with E-state index in [0.717, 1.165) is 5.56 Å². The lowest BCUT2D eigenvalue weighted by atomic mass is 10.1. The first-order chi connectivity index (χ1) is 8.12. The molecule has 0 bridgehead atoms. The lowest BCUT2D eigenvalue weighted by Crippen LogP contribution is -2.12. The molecular weight excluding hydrogens is 240 g/mol. The second-order valence-corrected chi connectivity index (χ2v) is 3.96. The fourth-order valence-corrected chi connectivity index (χ4v) is 1.68. The fourth-order valence-electron chi connectivity index (χ4n) is 1.45. The third-order valence-electron chi connectivity index (χ3n) is 2.21. The maximum absolute atomic E-state index is 8.77. The third-order valence-corrected chi connectivity index (χ3v) is 2.42. The molecule has 0 aliphatic carbocycles. The van der Waals surface area contributed by atoms with Crippen LogP contribution >= 0.6 is 11.6 Å². The van der Waals surface area contributed by atoms with E-state index in [9.17, 15) is 0 Å². The largest absolute Gasteiger partial charge is 0.493 e. The van der Waals surface area contributed by atoms with E-state index in [-0.39, 0.29) is 0 Å². The van der Waals surface area contributed by atoms with Crippen LogP contribution in [0.2, 0.25) is 5.02 Å². The molecule has 5 heteroatoms. The number of nitrogens with two attached hydrogens (primary N) is 1. The molecule has 0 saturated heterocycles. The van der Waals surface area contributed by atoms with E-state index in [1.54, 1.807) is 19.1 Å². The zero-order valence-electron chi connectivity index (χ0n) is 9.87. The van der Waals surface area contributed by atoms with Crippen LogP contribution in [0.1, 0.15) is 12.5 Å². The van der Waals surface area contributed by atoms with Crippen LogP contribution in [0.4, 0.5) is 0 Å². The summed E-state index contributed by atoms with van der Waals surface area (Å²) < 4.78 is 10.7. The number of benzene rings is 1. The van der Waals surface area contributed by atoms with Crippen LogP contribution in [0.15, 0.2) is 12.1 Å². The minimum Gasteiger partial charge on any atom is -0.493 e. The van der Waals surface area contributed by atoms with Gasteiger partial charge >= 0.3 is 0 Å². The Balaban J connectivity index is 3.17. The van der Waals surface area contributed by atoms with E-state index in [2.05, 4.69) is 0 Å². The van der Waals surface area contributed by atoms with E-state index in [0.29, 0.717) is 29.5 Å². The summed E-state index contributed by atoms with van der Waals surface area (Å²) >= 11 is 5.97. The molecular formula is C12H15ClN2O2. The molecule has 92 valence electrons. The van der Waals surface area contributed by atoms with Crippen molar-refractivity contribution in [3.8, 4) is 17.6 Å². The topological polar surface area (TPSA) is 68.3 Å². The fraction of sp³-hybridized carbons (Fsp3) is 0.417. The van der Waals surface area contributed by atoms with Gasteiger partial charge in [-0.2, -0.15) is 5.26 Å². The van der Waals surface area contributed by atoms with Crippen molar-refractivity contribution in [1.82, 2.24) is 0 Å². The van der Waals surface area contributed by atoms with Gasteiger partial charge in [0.25, 0.3) is 0 Å². The molecule has 0 heterocycles. The number of nitriles is 1. The van der Waals surface area contributed by atoms with Crippen molar-refractivity contribution >= 4 is 11.6 Å². The molecule has 0 radical (unpaired) electrons. The Bertz CT molecular complexity index is 429. The van der Waals surface area contributed by atoms with Crippen molar-refractivity contribution in [2.24, 2.45) is 5.73 Å². The van der Waals surface area contributed by atoms with Gasteiger partial charge in [0.1, 0.15) is 6.07 Å². The van der Waals surface area contributed by atoms with Crippen LogP contribution in [0.3, 0.4) is 0 Å². The molecule has 2 N–H and O–H groups in total. The Labute approximate surface area is 106 Å². The third kappa shape index (κ3) is 3.52. The number of hydrogen-bond donors (Lipinski definition) is 1. The van der Waals surface area contributed by atoms with Gasteiger partial charge in [0.2, 0.25) is 0 Å². The molecule has 17 heavy (non-hydrogen) atoms. The van der Waals surface area contributed by atoms with Gasteiger partial charge in [-0.3, -0.25) is 0 Å². The minimum atomic E-state index is -0.554. The van der Waals surface area contributed by atoms with Crippen molar-refractivity contribution in [3.63, 3.8) is 0 Å². The van der Waals surface area contributed by atoms with Gasteiger partial charge in [0.05, 0.1) is 7.11 Å². The number of halogens is 1. The van der Waals surface area contributed by atoms with Gasteiger partial charge in [0, 0.05) is 16.7 Å². The SMILES string of the molecule is COc1cc(Cl)cc(CCN)c1OC(C)C#N. The monoisotopic (exact) mass is 254 g/mol. The Kier molecular flexibility index (Phi) is 5.08. The number of hydrogen-bond acceptors (Lipinski definition) is 4. The second kappa shape index (κ2) is 6.33. The lowest BCUT2D eigenvalue weighted by molar-refractivity contribution is 0.257. The summed E-state index contributed by atoms with van der Waals surface area (Å²) in [5.74, 6) is 1.06. The summed E-state index contributed by atoms with van der Waals surface area (Å²) in [6.07, 6.45) is 0.0614. The van der Waals surface area contributed by atoms with Crippen molar-refractivity contribution in [1.29, 1.82) is 5.26 Å². The molecule has 1 atom stereocenters. The minimum absolute atomic E-state index is 0.473. The van der Waals surface area contributed by atoms with Crippen molar-refractivity contribution in [2.75, 3.05) is 13.7 Å². The van der Waals surface area contributed by atoms with E-state index in [4.69, 9.17) is 32.1 Å². The summed E-state index contributed by atoms with van der Waals surface area (Å²) in [6, 6.07) is 5.43. The molecule has 0 aromatic heterocycles. The quantitative estimate of drug-likeness (QED) is 0.874. The average molecular weight is 255 g/mol. The summed E-state index contributed by atoms with van der Waals surface area (Å²) in [5, 5.41) is 9.33. The molecule has 0 aliphatic heterocycles. The van der Waals surface area contributed by atoms with Crippen molar-refractivity contribution < 1.29 is 9.47 Å². The predicted octanol–water partition coefficient (Wildman–Crippen LogP) is 2.14. The molecule has 0 spiro atoms. The first-order valence-corrected chi connectivity index (χ1v) is 5.63. The summed E-state index contributed by atoms with van der Waals surface area (Å²) in [5.41, 5.74) is 6.38. The Morgan fingerprint density at radius 3 is 2.76 bits per heavy atom. The van der Waals surface area contributed by atoms with Gasteiger partial charge in [-0.25, -0.2) is 0 Å². The zero-order chi connectivity index (χ0) is 12.8.